The molecular weight excluding hydrogens is 178 g/mol. The van der Waals surface area contributed by atoms with E-state index < -0.39 is 0 Å². The summed E-state index contributed by atoms with van der Waals surface area (Å²) in [6.45, 7) is 8.14. The molecule has 0 bridgehead atoms. The molecule has 0 amide bonds. The van der Waals surface area contributed by atoms with Crippen molar-refractivity contribution in [2.45, 2.75) is 33.1 Å². The molecule has 3 nitrogen and oxygen atoms in total. The maximum absolute atomic E-state index is 10.6. The smallest absolute Gasteiger partial charge is 0.258 e. The number of nitro groups is 1. The van der Waals surface area contributed by atoms with Gasteiger partial charge in [-0.1, -0.05) is 26.8 Å². The van der Waals surface area contributed by atoms with Crippen LogP contribution in [-0.2, 0) is 5.41 Å². The van der Waals surface area contributed by atoms with E-state index in [1.807, 2.05) is 6.92 Å². The van der Waals surface area contributed by atoms with Crippen LogP contribution in [0, 0.1) is 17.0 Å². The fraction of sp³-hybridized carbons (Fsp3) is 0.455. The first kappa shape index (κ1) is 10.7. The second-order valence-electron chi connectivity index (χ2n) is 4.51. The van der Waals surface area contributed by atoms with E-state index in [4.69, 9.17) is 0 Å². The third kappa shape index (κ3) is 2.10. The monoisotopic (exact) mass is 193 g/mol. The Morgan fingerprint density at radius 1 is 1.29 bits per heavy atom. The maximum Gasteiger partial charge on any atom is 0.269 e. The van der Waals surface area contributed by atoms with Gasteiger partial charge in [0.15, 0.2) is 0 Å². The molecule has 1 aromatic carbocycles. The highest BCUT2D eigenvalue weighted by atomic mass is 16.6. The van der Waals surface area contributed by atoms with Gasteiger partial charge in [0, 0.05) is 12.1 Å². The van der Waals surface area contributed by atoms with Crippen molar-refractivity contribution in [3.63, 3.8) is 0 Å². The number of nitrogens with zero attached hydrogens (tertiary/aromatic N) is 1. The van der Waals surface area contributed by atoms with Gasteiger partial charge in [0.25, 0.3) is 5.69 Å². The zero-order valence-corrected chi connectivity index (χ0v) is 9.00. The Hall–Kier alpha value is -1.38. The highest BCUT2D eigenvalue weighted by Crippen LogP contribution is 2.28. The summed E-state index contributed by atoms with van der Waals surface area (Å²) < 4.78 is 0. The second kappa shape index (κ2) is 3.40. The standard InChI is InChI=1S/C11H15NO2/c1-8-5-6-9(12(13)14)7-10(8)11(2,3)4/h5-7H,1-4H3. The quantitative estimate of drug-likeness (QED) is 0.507. The van der Waals surface area contributed by atoms with Gasteiger partial charge in [-0.05, 0) is 23.5 Å². The Balaban J connectivity index is 3.29. The molecule has 0 atom stereocenters. The number of hydrogen-bond donors (Lipinski definition) is 0. The van der Waals surface area contributed by atoms with E-state index in [-0.39, 0.29) is 16.0 Å². The van der Waals surface area contributed by atoms with Crippen LogP contribution in [-0.4, -0.2) is 4.92 Å². The van der Waals surface area contributed by atoms with Crippen molar-refractivity contribution in [3.05, 3.63) is 39.4 Å². The fourth-order valence-corrected chi connectivity index (χ4v) is 1.53. The second-order valence-corrected chi connectivity index (χ2v) is 4.51. The molecule has 0 saturated carbocycles. The molecule has 0 N–H and O–H groups in total. The number of benzene rings is 1. The van der Waals surface area contributed by atoms with Crippen molar-refractivity contribution >= 4 is 5.69 Å². The molecule has 1 rings (SSSR count). The van der Waals surface area contributed by atoms with Crippen molar-refractivity contribution in [2.24, 2.45) is 0 Å². The Kier molecular flexibility index (Phi) is 2.60. The molecular formula is C11H15NO2. The Bertz CT molecular complexity index is 364. The lowest BCUT2D eigenvalue weighted by Crippen LogP contribution is -2.13. The molecule has 0 spiro atoms. The predicted octanol–water partition coefficient (Wildman–Crippen LogP) is 3.20. The summed E-state index contributed by atoms with van der Waals surface area (Å²) in [6.07, 6.45) is 0. The number of nitro benzene ring substituents is 1. The molecule has 0 radical (unpaired) electrons. The van der Waals surface area contributed by atoms with Crippen molar-refractivity contribution in [1.29, 1.82) is 0 Å². The minimum absolute atomic E-state index is 0.0455. The van der Waals surface area contributed by atoms with Crippen LogP contribution in [0.4, 0.5) is 5.69 Å². The van der Waals surface area contributed by atoms with Gasteiger partial charge in [0.1, 0.15) is 0 Å². The van der Waals surface area contributed by atoms with Gasteiger partial charge in [-0.15, -0.1) is 0 Å². The van der Waals surface area contributed by atoms with Crippen LogP contribution in [0.5, 0.6) is 0 Å². The first-order valence-corrected chi connectivity index (χ1v) is 4.58. The topological polar surface area (TPSA) is 43.1 Å². The van der Waals surface area contributed by atoms with Gasteiger partial charge in [-0.25, -0.2) is 0 Å². The number of rotatable bonds is 1. The normalized spacial score (nSPS) is 11.4. The van der Waals surface area contributed by atoms with E-state index in [0.717, 1.165) is 11.1 Å². The molecule has 0 aliphatic heterocycles. The summed E-state index contributed by atoms with van der Waals surface area (Å²) in [4.78, 5) is 10.2. The first-order valence-electron chi connectivity index (χ1n) is 4.58. The van der Waals surface area contributed by atoms with Crippen molar-refractivity contribution in [3.8, 4) is 0 Å². The fourth-order valence-electron chi connectivity index (χ4n) is 1.53. The molecule has 0 unspecified atom stereocenters. The van der Waals surface area contributed by atoms with Crippen molar-refractivity contribution in [2.75, 3.05) is 0 Å². The molecule has 0 heterocycles. The summed E-state index contributed by atoms with van der Waals surface area (Å²) in [6, 6.07) is 5.01. The van der Waals surface area contributed by atoms with Crippen LogP contribution < -0.4 is 0 Å². The largest absolute Gasteiger partial charge is 0.269 e. The summed E-state index contributed by atoms with van der Waals surface area (Å²) in [7, 11) is 0. The molecule has 76 valence electrons. The van der Waals surface area contributed by atoms with Crippen LogP contribution in [0.2, 0.25) is 0 Å². The SMILES string of the molecule is Cc1ccc([N+](=O)[O-])cc1C(C)(C)C. The highest BCUT2D eigenvalue weighted by Gasteiger charge is 2.19. The molecule has 0 saturated heterocycles. The average Bonchev–Trinajstić information content (AvgIpc) is 2.02. The lowest BCUT2D eigenvalue weighted by Gasteiger charge is -2.21. The van der Waals surface area contributed by atoms with Gasteiger partial charge >= 0.3 is 0 Å². The van der Waals surface area contributed by atoms with Crippen LogP contribution in [0.1, 0.15) is 31.9 Å². The van der Waals surface area contributed by atoms with E-state index in [1.54, 1.807) is 18.2 Å². The third-order valence-corrected chi connectivity index (χ3v) is 2.24. The van der Waals surface area contributed by atoms with Crippen LogP contribution >= 0.6 is 0 Å². The first-order chi connectivity index (χ1) is 6.32. The Labute approximate surface area is 83.9 Å². The van der Waals surface area contributed by atoms with E-state index in [0.29, 0.717) is 0 Å². The van der Waals surface area contributed by atoms with Gasteiger partial charge in [0.05, 0.1) is 4.92 Å². The summed E-state index contributed by atoms with van der Waals surface area (Å²) in [5.74, 6) is 0. The minimum Gasteiger partial charge on any atom is -0.258 e. The zero-order chi connectivity index (χ0) is 10.9. The molecule has 0 fully saturated rings. The molecule has 3 heteroatoms. The van der Waals surface area contributed by atoms with Crippen LogP contribution in [0.25, 0.3) is 0 Å². The van der Waals surface area contributed by atoms with Gasteiger partial charge in [0.2, 0.25) is 0 Å². The number of non-ortho nitro benzene ring substituents is 1. The summed E-state index contributed by atoms with van der Waals surface area (Å²) in [5, 5.41) is 10.6. The van der Waals surface area contributed by atoms with Crippen molar-refractivity contribution in [1.82, 2.24) is 0 Å². The lowest BCUT2D eigenvalue weighted by atomic mass is 9.84. The van der Waals surface area contributed by atoms with E-state index in [2.05, 4.69) is 20.8 Å². The van der Waals surface area contributed by atoms with Gasteiger partial charge in [-0.2, -0.15) is 0 Å². The van der Waals surface area contributed by atoms with Crippen LogP contribution in [0.3, 0.4) is 0 Å². The van der Waals surface area contributed by atoms with Crippen LogP contribution in [0.15, 0.2) is 18.2 Å². The predicted molar refractivity (Wildman–Crippen MR) is 56.5 cm³/mol. The molecule has 0 aliphatic rings. The summed E-state index contributed by atoms with van der Waals surface area (Å²) in [5.41, 5.74) is 2.26. The van der Waals surface area contributed by atoms with E-state index in [9.17, 15) is 10.1 Å². The number of aryl methyl sites for hydroxylation is 1. The van der Waals surface area contributed by atoms with Crippen molar-refractivity contribution < 1.29 is 4.92 Å². The number of hydrogen-bond acceptors (Lipinski definition) is 2. The minimum atomic E-state index is -0.353. The third-order valence-electron chi connectivity index (χ3n) is 2.24. The van der Waals surface area contributed by atoms with Gasteiger partial charge < -0.3 is 0 Å². The molecule has 0 aromatic heterocycles. The molecule has 1 aromatic rings. The zero-order valence-electron chi connectivity index (χ0n) is 9.00. The lowest BCUT2D eigenvalue weighted by molar-refractivity contribution is -0.385. The van der Waals surface area contributed by atoms with E-state index in [1.165, 1.54) is 0 Å². The van der Waals surface area contributed by atoms with Gasteiger partial charge in [-0.3, -0.25) is 10.1 Å². The Morgan fingerprint density at radius 3 is 2.29 bits per heavy atom. The average molecular weight is 193 g/mol. The summed E-state index contributed by atoms with van der Waals surface area (Å²) >= 11 is 0. The molecule has 14 heavy (non-hydrogen) atoms. The van der Waals surface area contributed by atoms with E-state index >= 15 is 0 Å². The molecule has 0 aliphatic carbocycles. The maximum atomic E-state index is 10.6. The Morgan fingerprint density at radius 2 is 1.86 bits per heavy atom. The highest BCUT2D eigenvalue weighted by molar-refractivity contribution is 5.42.